The van der Waals surface area contributed by atoms with E-state index >= 15 is 0 Å². The summed E-state index contributed by atoms with van der Waals surface area (Å²) < 4.78 is 36.7. The Morgan fingerprint density at radius 1 is 1.18 bits per heavy atom. The van der Waals surface area contributed by atoms with Gasteiger partial charge in [0.15, 0.2) is 0 Å². The molecule has 2 aromatic carbocycles. The fraction of sp³-hybridized carbons (Fsp3) is 0.448. The molecule has 8 nitrogen and oxygen atoms in total. The third-order valence-electron chi connectivity index (χ3n) is 5.97. The Morgan fingerprint density at radius 3 is 2.53 bits per heavy atom. The first-order valence-electron chi connectivity index (χ1n) is 12.9. The van der Waals surface area contributed by atoms with Gasteiger partial charge in [0, 0.05) is 30.1 Å². The van der Waals surface area contributed by atoms with Gasteiger partial charge in [-0.05, 0) is 78.3 Å². The molecule has 1 unspecified atom stereocenters. The molecular formula is C29H35FN2O6. The van der Waals surface area contributed by atoms with Crippen molar-refractivity contribution in [1.29, 1.82) is 0 Å². The van der Waals surface area contributed by atoms with E-state index in [-0.39, 0.29) is 30.1 Å². The zero-order valence-corrected chi connectivity index (χ0v) is 22.7. The molecular weight excluding hydrogens is 491 g/mol. The number of furan rings is 1. The number of fused-ring (bicyclic) bond motifs is 1. The van der Waals surface area contributed by atoms with E-state index in [0.29, 0.717) is 41.1 Å². The van der Waals surface area contributed by atoms with Crippen molar-refractivity contribution in [3.05, 3.63) is 47.8 Å². The molecule has 1 aliphatic heterocycles. The number of esters is 1. The number of benzene rings is 2. The van der Waals surface area contributed by atoms with E-state index < -0.39 is 17.7 Å². The number of carbonyl (C=O) groups is 2. The molecule has 1 N–H and O–H groups in total. The Balaban J connectivity index is 1.73. The van der Waals surface area contributed by atoms with Crippen LogP contribution in [0.15, 0.2) is 40.8 Å². The third-order valence-corrected chi connectivity index (χ3v) is 5.97. The van der Waals surface area contributed by atoms with E-state index in [2.05, 4.69) is 10.2 Å². The van der Waals surface area contributed by atoms with Crippen LogP contribution in [0.5, 0.6) is 5.75 Å². The van der Waals surface area contributed by atoms with Crippen molar-refractivity contribution < 1.29 is 32.6 Å². The van der Waals surface area contributed by atoms with Gasteiger partial charge in [-0.1, -0.05) is 0 Å². The van der Waals surface area contributed by atoms with Gasteiger partial charge >= 0.3 is 12.1 Å². The lowest BCUT2D eigenvalue weighted by Crippen LogP contribution is -2.40. The maximum absolute atomic E-state index is 13.6. The Hall–Kier alpha value is -3.75. The van der Waals surface area contributed by atoms with Gasteiger partial charge in [-0.2, -0.15) is 0 Å². The van der Waals surface area contributed by atoms with Crippen LogP contribution in [0.2, 0.25) is 0 Å². The van der Waals surface area contributed by atoms with Crippen LogP contribution < -0.4 is 15.0 Å². The van der Waals surface area contributed by atoms with Gasteiger partial charge in [-0.3, -0.25) is 0 Å². The number of carbonyl (C=O) groups excluding carboxylic acids is 2. The van der Waals surface area contributed by atoms with Crippen molar-refractivity contribution in [3.63, 3.8) is 0 Å². The smallest absolute Gasteiger partial charge is 0.407 e. The van der Waals surface area contributed by atoms with Gasteiger partial charge in [0.1, 0.15) is 34.1 Å². The van der Waals surface area contributed by atoms with Gasteiger partial charge in [0.05, 0.1) is 24.4 Å². The van der Waals surface area contributed by atoms with E-state index in [0.717, 1.165) is 12.1 Å². The Labute approximate surface area is 222 Å². The van der Waals surface area contributed by atoms with Crippen molar-refractivity contribution >= 4 is 28.7 Å². The summed E-state index contributed by atoms with van der Waals surface area (Å²) in [6.45, 7) is 12.5. The van der Waals surface area contributed by atoms with Crippen LogP contribution in [-0.2, 0) is 9.47 Å². The minimum atomic E-state index is -0.580. The van der Waals surface area contributed by atoms with Crippen LogP contribution in [0.1, 0.15) is 58.3 Å². The molecule has 0 radical (unpaired) electrons. The monoisotopic (exact) mass is 526 g/mol. The molecule has 0 aliphatic carbocycles. The summed E-state index contributed by atoms with van der Waals surface area (Å²) in [5.41, 5.74) is 1.50. The van der Waals surface area contributed by atoms with E-state index in [4.69, 9.17) is 18.6 Å². The highest BCUT2D eigenvalue weighted by atomic mass is 19.1. The minimum absolute atomic E-state index is 0.103. The number of hydrogen-bond acceptors (Lipinski definition) is 7. The lowest BCUT2D eigenvalue weighted by molar-refractivity contribution is 0.0504. The van der Waals surface area contributed by atoms with E-state index in [1.54, 1.807) is 25.1 Å². The quantitative estimate of drug-likeness (QED) is 0.361. The molecule has 1 atom stereocenters. The second kappa shape index (κ2) is 10.9. The number of hydrogen-bond donors (Lipinski definition) is 1. The SMILES string of the molecule is CCOC(=O)c1c(-c2ccc(F)cc2)oc2cc(N3CCC(NC(=O)OC(C)(C)C)C3)c(OC(C)C)cc12. The Morgan fingerprint density at radius 2 is 1.89 bits per heavy atom. The predicted octanol–water partition coefficient (Wildman–Crippen LogP) is 6.31. The molecule has 0 bridgehead atoms. The molecule has 1 amide bonds. The molecule has 1 aromatic heterocycles. The summed E-state index contributed by atoms with van der Waals surface area (Å²) in [7, 11) is 0. The standard InChI is InChI=1S/C29H35FN2O6/c1-7-35-27(33)25-21-14-24(36-17(2)3)22(15-23(21)37-26(25)18-8-10-19(30)11-9-18)32-13-12-20(16-32)31-28(34)38-29(4,5)6/h8-11,14-15,17,20H,7,12-13,16H2,1-6H3,(H,31,34). The van der Waals surface area contributed by atoms with Gasteiger partial charge in [-0.25, -0.2) is 14.0 Å². The van der Waals surface area contributed by atoms with Gasteiger partial charge in [-0.15, -0.1) is 0 Å². The highest BCUT2D eigenvalue weighted by Gasteiger charge is 2.30. The molecule has 204 valence electrons. The summed E-state index contributed by atoms with van der Waals surface area (Å²) in [6, 6.07) is 9.30. The summed E-state index contributed by atoms with van der Waals surface area (Å²) in [5.74, 6) is -0.0305. The van der Waals surface area contributed by atoms with Crippen LogP contribution in [0.4, 0.5) is 14.9 Å². The van der Waals surface area contributed by atoms with Crippen LogP contribution >= 0.6 is 0 Å². The molecule has 4 rings (SSSR count). The lowest BCUT2D eigenvalue weighted by atomic mass is 10.0. The van der Waals surface area contributed by atoms with Gasteiger partial charge in [0.25, 0.3) is 0 Å². The first-order valence-corrected chi connectivity index (χ1v) is 12.9. The maximum atomic E-state index is 13.6. The van der Waals surface area contributed by atoms with Crippen molar-refractivity contribution in [2.24, 2.45) is 0 Å². The molecule has 1 saturated heterocycles. The molecule has 0 spiro atoms. The maximum Gasteiger partial charge on any atom is 0.407 e. The second-order valence-corrected chi connectivity index (χ2v) is 10.6. The number of anilines is 1. The summed E-state index contributed by atoms with van der Waals surface area (Å²) >= 11 is 0. The normalized spacial score (nSPS) is 15.7. The van der Waals surface area contributed by atoms with Gasteiger partial charge < -0.3 is 28.8 Å². The molecule has 1 fully saturated rings. The number of nitrogens with one attached hydrogen (secondary N) is 1. The van der Waals surface area contributed by atoms with Crippen LogP contribution in [0.25, 0.3) is 22.3 Å². The highest BCUT2D eigenvalue weighted by molar-refractivity contribution is 6.10. The molecule has 1 aliphatic rings. The third kappa shape index (κ3) is 6.20. The molecule has 38 heavy (non-hydrogen) atoms. The number of alkyl carbamates (subject to hydrolysis) is 1. The lowest BCUT2D eigenvalue weighted by Gasteiger charge is -2.24. The number of amides is 1. The van der Waals surface area contributed by atoms with Crippen molar-refractivity contribution in [3.8, 4) is 17.1 Å². The zero-order valence-electron chi connectivity index (χ0n) is 22.7. The van der Waals surface area contributed by atoms with E-state index in [1.165, 1.54) is 12.1 Å². The molecule has 2 heterocycles. The van der Waals surface area contributed by atoms with Crippen LogP contribution in [0, 0.1) is 5.82 Å². The van der Waals surface area contributed by atoms with E-state index in [9.17, 15) is 14.0 Å². The number of ether oxygens (including phenoxy) is 3. The minimum Gasteiger partial charge on any atom is -0.489 e. The van der Waals surface area contributed by atoms with Crippen LogP contribution in [0.3, 0.4) is 0 Å². The summed E-state index contributed by atoms with van der Waals surface area (Å²) in [6.07, 6.45) is 0.150. The van der Waals surface area contributed by atoms with Gasteiger partial charge in [0.2, 0.25) is 0 Å². The first kappa shape index (κ1) is 27.3. The topological polar surface area (TPSA) is 90.2 Å². The van der Waals surface area contributed by atoms with E-state index in [1.807, 2.05) is 40.7 Å². The Kier molecular flexibility index (Phi) is 7.85. The highest BCUT2D eigenvalue weighted by Crippen LogP contribution is 2.42. The molecule has 3 aromatic rings. The fourth-order valence-electron chi connectivity index (χ4n) is 4.49. The average molecular weight is 527 g/mol. The Bertz CT molecular complexity index is 1310. The zero-order chi connectivity index (χ0) is 27.6. The van der Waals surface area contributed by atoms with Crippen molar-refractivity contribution in [1.82, 2.24) is 5.32 Å². The summed E-state index contributed by atoms with van der Waals surface area (Å²) in [5, 5.41) is 3.49. The molecule has 9 heteroatoms. The second-order valence-electron chi connectivity index (χ2n) is 10.6. The fourth-order valence-corrected chi connectivity index (χ4v) is 4.49. The predicted molar refractivity (Wildman–Crippen MR) is 143 cm³/mol. The van der Waals surface area contributed by atoms with Crippen LogP contribution in [-0.4, -0.2) is 49.5 Å². The van der Waals surface area contributed by atoms with Crippen molar-refractivity contribution in [2.75, 3.05) is 24.6 Å². The largest absolute Gasteiger partial charge is 0.489 e. The van der Waals surface area contributed by atoms with Crippen molar-refractivity contribution in [2.45, 2.75) is 65.7 Å². The average Bonchev–Trinajstić information content (AvgIpc) is 3.41. The number of halogens is 1. The number of rotatable bonds is 7. The molecule has 0 saturated carbocycles. The summed E-state index contributed by atoms with van der Waals surface area (Å²) in [4.78, 5) is 27.5. The number of nitrogens with zero attached hydrogens (tertiary/aromatic N) is 1. The first-order chi connectivity index (χ1) is 17.9.